The molecule has 2 aromatic carbocycles. The van der Waals surface area contributed by atoms with E-state index in [-0.39, 0.29) is 17.2 Å². The first-order chi connectivity index (χ1) is 12.5. The highest BCUT2D eigenvalue weighted by Gasteiger charge is 2.29. The van der Waals surface area contributed by atoms with Crippen molar-refractivity contribution in [2.24, 2.45) is 0 Å². The molecule has 8 nitrogen and oxygen atoms in total. The molecule has 0 aliphatic carbocycles. The largest absolute Gasteiger partial charge is 0.355 e. The molecular formula is C18H15N5O3. The molecule has 4 rings (SSSR count). The van der Waals surface area contributed by atoms with Gasteiger partial charge in [-0.3, -0.25) is 19.8 Å². The molecule has 1 aromatic heterocycles. The number of nitrogens with zero attached hydrogens (tertiary/aromatic N) is 5. The van der Waals surface area contributed by atoms with E-state index in [9.17, 15) is 14.9 Å². The molecule has 130 valence electrons. The summed E-state index contributed by atoms with van der Waals surface area (Å²) in [7, 11) is 1.90. The van der Waals surface area contributed by atoms with Crippen molar-refractivity contribution in [1.29, 1.82) is 0 Å². The summed E-state index contributed by atoms with van der Waals surface area (Å²) in [5.74, 6) is 0.760. The van der Waals surface area contributed by atoms with Crippen LogP contribution < -0.4 is 9.80 Å². The maximum atomic E-state index is 13.0. The second-order valence-electron chi connectivity index (χ2n) is 6.05. The van der Waals surface area contributed by atoms with Gasteiger partial charge in [0.25, 0.3) is 11.6 Å². The number of amides is 1. The quantitative estimate of drug-likeness (QED) is 0.522. The van der Waals surface area contributed by atoms with Crippen LogP contribution in [0.5, 0.6) is 0 Å². The number of rotatable bonds is 2. The van der Waals surface area contributed by atoms with E-state index in [2.05, 4.69) is 9.97 Å². The fourth-order valence-electron chi connectivity index (χ4n) is 2.99. The number of fused-ring (bicyclic) bond motifs is 2. The first-order valence-corrected chi connectivity index (χ1v) is 8.09. The lowest BCUT2D eigenvalue weighted by molar-refractivity contribution is -0.384. The molecule has 0 N–H and O–H groups in total. The number of nitro groups is 1. The van der Waals surface area contributed by atoms with Crippen molar-refractivity contribution in [3.63, 3.8) is 0 Å². The van der Waals surface area contributed by atoms with Gasteiger partial charge >= 0.3 is 0 Å². The van der Waals surface area contributed by atoms with Crippen molar-refractivity contribution in [3.8, 4) is 0 Å². The van der Waals surface area contributed by atoms with Crippen LogP contribution in [0, 0.1) is 10.1 Å². The Balaban J connectivity index is 1.80. The third kappa shape index (κ3) is 2.61. The van der Waals surface area contributed by atoms with Crippen LogP contribution in [0.3, 0.4) is 0 Å². The first-order valence-electron chi connectivity index (χ1n) is 8.09. The Hall–Kier alpha value is -3.55. The van der Waals surface area contributed by atoms with Crippen molar-refractivity contribution in [2.75, 3.05) is 29.9 Å². The number of anilines is 2. The molecule has 1 aliphatic heterocycles. The molecule has 1 amide bonds. The number of carbonyl (C=O) groups excluding carboxylic acids is 1. The number of hydrogen-bond acceptors (Lipinski definition) is 6. The molecule has 0 bridgehead atoms. The van der Waals surface area contributed by atoms with E-state index in [4.69, 9.17) is 0 Å². The standard InChI is InChI=1S/C18H15N5O3/c1-21-9-10-22(18(24)12-5-4-6-13(11-12)23(25)26)17-16(21)19-14-7-2-3-8-15(14)20-17/h2-8,11H,9-10H2,1H3. The van der Waals surface area contributed by atoms with Crippen LogP contribution in [0.25, 0.3) is 11.0 Å². The Kier molecular flexibility index (Phi) is 3.72. The van der Waals surface area contributed by atoms with E-state index in [1.54, 1.807) is 6.07 Å². The van der Waals surface area contributed by atoms with Gasteiger partial charge in [-0.15, -0.1) is 0 Å². The Morgan fingerprint density at radius 2 is 1.73 bits per heavy atom. The summed E-state index contributed by atoms with van der Waals surface area (Å²) in [6.45, 7) is 1.03. The fourth-order valence-corrected chi connectivity index (χ4v) is 2.99. The van der Waals surface area contributed by atoms with Gasteiger partial charge in [0.2, 0.25) is 0 Å². The highest BCUT2D eigenvalue weighted by molar-refractivity contribution is 6.08. The van der Waals surface area contributed by atoms with Crippen molar-refractivity contribution in [2.45, 2.75) is 0 Å². The van der Waals surface area contributed by atoms with Gasteiger partial charge in [-0.05, 0) is 18.2 Å². The molecule has 0 saturated heterocycles. The minimum atomic E-state index is -0.512. The number of aromatic nitrogens is 2. The maximum absolute atomic E-state index is 13.0. The van der Waals surface area contributed by atoms with E-state index < -0.39 is 4.92 Å². The van der Waals surface area contributed by atoms with Crippen molar-refractivity contribution < 1.29 is 9.72 Å². The van der Waals surface area contributed by atoms with Crippen LogP contribution in [0.2, 0.25) is 0 Å². The van der Waals surface area contributed by atoms with Gasteiger partial charge in [0.15, 0.2) is 11.6 Å². The minimum Gasteiger partial charge on any atom is -0.355 e. The average molecular weight is 349 g/mol. The number of carbonyl (C=O) groups is 1. The van der Waals surface area contributed by atoms with Gasteiger partial charge in [-0.25, -0.2) is 9.97 Å². The van der Waals surface area contributed by atoms with E-state index in [0.717, 1.165) is 5.52 Å². The molecule has 0 unspecified atom stereocenters. The van der Waals surface area contributed by atoms with Crippen molar-refractivity contribution in [1.82, 2.24) is 9.97 Å². The topological polar surface area (TPSA) is 92.5 Å². The minimum absolute atomic E-state index is 0.116. The van der Waals surface area contributed by atoms with E-state index in [0.29, 0.717) is 30.2 Å². The van der Waals surface area contributed by atoms with Crippen molar-refractivity contribution >= 4 is 34.3 Å². The molecular weight excluding hydrogens is 334 g/mol. The second kappa shape index (κ2) is 6.07. The molecule has 0 spiro atoms. The highest BCUT2D eigenvalue weighted by Crippen LogP contribution is 2.31. The summed E-state index contributed by atoms with van der Waals surface area (Å²) >= 11 is 0. The van der Waals surface area contributed by atoms with Crippen LogP contribution >= 0.6 is 0 Å². The van der Waals surface area contributed by atoms with Crippen LogP contribution in [-0.2, 0) is 0 Å². The Morgan fingerprint density at radius 1 is 1.04 bits per heavy atom. The van der Waals surface area contributed by atoms with Crippen LogP contribution in [0.15, 0.2) is 48.5 Å². The summed E-state index contributed by atoms with van der Waals surface area (Å²) in [4.78, 5) is 36.2. The Bertz CT molecular complexity index is 1040. The Morgan fingerprint density at radius 3 is 2.42 bits per heavy atom. The number of non-ortho nitro benzene ring substituents is 1. The zero-order valence-corrected chi connectivity index (χ0v) is 14.0. The number of likely N-dealkylation sites (N-methyl/N-ethyl adjacent to an activating group) is 1. The number of nitro benzene ring substituents is 1. The Labute approximate surface area is 148 Å². The summed E-state index contributed by atoms with van der Waals surface area (Å²) in [5.41, 5.74) is 1.58. The van der Waals surface area contributed by atoms with Gasteiger partial charge in [-0.2, -0.15) is 0 Å². The SMILES string of the molecule is CN1CCN(C(=O)c2cccc([N+](=O)[O-])c2)c2nc3ccccc3nc21. The van der Waals surface area contributed by atoms with Gasteiger partial charge in [-0.1, -0.05) is 18.2 Å². The lowest BCUT2D eigenvalue weighted by Gasteiger charge is -2.33. The lowest BCUT2D eigenvalue weighted by Crippen LogP contribution is -2.43. The molecule has 0 radical (unpaired) electrons. The third-order valence-corrected chi connectivity index (χ3v) is 4.36. The smallest absolute Gasteiger partial charge is 0.270 e. The molecule has 1 aliphatic rings. The molecule has 8 heteroatoms. The van der Waals surface area contributed by atoms with Crippen LogP contribution in [0.4, 0.5) is 17.3 Å². The number of benzene rings is 2. The summed E-state index contributed by atoms with van der Waals surface area (Å²) in [6, 6.07) is 13.2. The average Bonchev–Trinajstić information content (AvgIpc) is 2.67. The monoisotopic (exact) mass is 349 g/mol. The van der Waals surface area contributed by atoms with E-state index in [1.807, 2.05) is 36.2 Å². The maximum Gasteiger partial charge on any atom is 0.270 e. The second-order valence-corrected chi connectivity index (χ2v) is 6.05. The fraction of sp³-hybridized carbons (Fsp3) is 0.167. The molecule has 0 atom stereocenters. The molecule has 0 saturated carbocycles. The summed E-state index contributed by atoms with van der Waals surface area (Å²) in [6.07, 6.45) is 0. The predicted molar refractivity (Wildman–Crippen MR) is 97.6 cm³/mol. The first kappa shape index (κ1) is 15.9. The van der Waals surface area contributed by atoms with Gasteiger partial charge < -0.3 is 4.90 Å². The van der Waals surface area contributed by atoms with Crippen molar-refractivity contribution in [3.05, 3.63) is 64.2 Å². The lowest BCUT2D eigenvalue weighted by atomic mass is 10.1. The highest BCUT2D eigenvalue weighted by atomic mass is 16.6. The molecule has 3 aromatic rings. The summed E-state index contributed by atoms with van der Waals surface area (Å²) < 4.78 is 0. The molecule has 26 heavy (non-hydrogen) atoms. The van der Waals surface area contributed by atoms with E-state index >= 15 is 0 Å². The third-order valence-electron chi connectivity index (χ3n) is 4.36. The summed E-state index contributed by atoms with van der Waals surface area (Å²) in [5, 5.41) is 11.0. The normalized spacial score (nSPS) is 13.6. The van der Waals surface area contributed by atoms with Gasteiger partial charge in [0, 0.05) is 37.8 Å². The van der Waals surface area contributed by atoms with Crippen LogP contribution in [0.1, 0.15) is 10.4 Å². The van der Waals surface area contributed by atoms with E-state index in [1.165, 1.54) is 23.1 Å². The number of para-hydroxylation sites is 2. The zero-order valence-electron chi connectivity index (χ0n) is 14.0. The predicted octanol–water partition coefficient (Wildman–Crippen LogP) is 2.63. The zero-order chi connectivity index (χ0) is 18.3. The van der Waals surface area contributed by atoms with Gasteiger partial charge in [0.1, 0.15) is 0 Å². The molecule has 0 fully saturated rings. The number of hydrogen-bond donors (Lipinski definition) is 0. The van der Waals surface area contributed by atoms with Gasteiger partial charge in [0.05, 0.1) is 16.0 Å². The van der Waals surface area contributed by atoms with Crippen LogP contribution in [-0.4, -0.2) is 40.9 Å². The molecule has 2 heterocycles.